The lowest BCUT2D eigenvalue weighted by molar-refractivity contribution is 0.0924. The summed E-state index contributed by atoms with van der Waals surface area (Å²) in [5.74, 6) is 1.13. The molecule has 1 aliphatic heterocycles. The van der Waals surface area contributed by atoms with Crippen molar-refractivity contribution in [3.05, 3.63) is 23.8 Å². The molecule has 0 spiro atoms. The predicted molar refractivity (Wildman–Crippen MR) is 82.1 cm³/mol. The predicted octanol–water partition coefficient (Wildman–Crippen LogP) is 1.82. The molecule has 1 atom stereocenters. The molecule has 0 aromatic heterocycles. The molecule has 1 saturated heterocycles. The number of benzene rings is 1. The Morgan fingerprint density at radius 2 is 1.95 bits per heavy atom. The van der Waals surface area contributed by atoms with Crippen LogP contribution < -0.4 is 20.1 Å². The van der Waals surface area contributed by atoms with Gasteiger partial charge >= 0.3 is 0 Å². The third kappa shape index (κ3) is 4.11. The Balaban J connectivity index is 2.02. The molecule has 2 rings (SSSR count). The van der Waals surface area contributed by atoms with E-state index in [1.54, 1.807) is 32.4 Å². The lowest BCUT2D eigenvalue weighted by Gasteiger charge is -2.34. The first kappa shape index (κ1) is 15.6. The highest BCUT2D eigenvalue weighted by atomic mass is 16.5. The van der Waals surface area contributed by atoms with Crippen LogP contribution in [0, 0.1) is 5.41 Å². The second-order valence-electron chi connectivity index (χ2n) is 5.88. The summed E-state index contributed by atoms with van der Waals surface area (Å²) in [5.41, 5.74) is 0.676. The minimum absolute atomic E-state index is 0.0981. The summed E-state index contributed by atoms with van der Waals surface area (Å²) in [6.07, 6.45) is 2.28. The number of nitrogens with one attached hydrogen (secondary N) is 2. The maximum absolute atomic E-state index is 12.3. The van der Waals surface area contributed by atoms with Crippen LogP contribution in [0.1, 0.15) is 30.1 Å². The minimum Gasteiger partial charge on any atom is -0.497 e. The number of hydrogen-bond acceptors (Lipinski definition) is 4. The molecule has 1 aromatic rings. The van der Waals surface area contributed by atoms with Crippen molar-refractivity contribution in [3.63, 3.8) is 0 Å². The van der Waals surface area contributed by atoms with Gasteiger partial charge in [-0.3, -0.25) is 4.79 Å². The fourth-order valence-electron chi connectivity index (χ4n) is 2.60. The first-order valence-corrected chi connectivity index (χ1v) is 7.28. The van der Waals surface area contributed by atoms with Crippen LogP contribution in [0.2, 0.25) is 0 Å². The third-order valence-corrected chi connectivity index (χ3v) is 3.98. The normalized spacial score (nSPS) is 21.7. The average Bonchev–Trinajstić information content (AvgIpc) is 2.52. The number of amides is 1. The smallest absolute Gasteiger partial charge is 0.251 e. The minimum atomic E-state index is -0.0981. The van der Waals surface area contributed by atoms with Gasteiger partial charge in [-0.1, -0.05) is 6.92 Å². The van der Waals surface area contributed by atoms with Gasteiger partial charge in [-0.25, -0.2) is 0 Å². The van der Waals surface area contributed by atoms with E-state index in [4.69, 9.17) is 9.47 Å². The largest absolute Gasteiger partial charge is 0.497 e. The van der Waals surface area contributed by atoms with E-state index in [1.807, 2.05) is 0 Å². The number of carbonyl (C=O) groups is 1. The Hall–Kier alpha value is -1.75. The Morgan fingerprint density at radius 3 is 2.48 bits per heavy atom. The molecule has 21 heavy (non-hydrogen) atoms. The van der Waals surface area contributed by atoms with E-state index in [1.165, 1.54) is 0 Å². The lowest BCUT2D eigenvalue weighted by Crippen LogP contribution is -2.45. The summed E-state index contributed by atoms with van der Waals surface area (Å²) >= 11 is 0. The Bertz CT molecular complexity index is 474. The van der Waals surface area contributed by atoms with Gasteiger partial charge in [0, 0.05) is 24.7 Å². The van der Waals surface area contributed by atoms with Crippen LogP contribution in [0.15, 0.2) is 18.2 Å². The van der Waals surface area contributed by atoms with Crippen molar-refractivity contribution in [2.24, 2.45) is 5.41 Å². The second-order valence-corrected chi connectivity index (χ2v) is 5.88. The molecule has 5 heteroatoms. The lowest BCUT2D eigenvalue weighted by atomic mass is 9.83. The summed E-state index contributed by atoms with van der Waals surface area (Å²) < 4.78 is 10.4. The molecule has 1 unspecified atom stereocenters. The SMILES string of the molecule is COc1cc(OC)cc(C(=O)NCC2(C)CCCNC2)c1. The molecule has 116 valence electrons. The van der Waals surface area contributed by atoms with Gasteiger partial charge < -0.3 is 20.1 Å². The van der Waals surface area contributed by atoms with E-state index in [-0.39, 0.29) is 11.3 Å². The molecule has 1 aromatic carbocycles. The van der Waals surface area contributed by atoms with Gasteiger partial charge in [0.2, 0.25) is 0 Å². The number of hydrogen-bond donors (Lipinski definition) is 2. The molecule has 5 nitrogen and oxygen atoms in total. The molecule has 1 heterocycles. The molecular weight excluding hydrogens is 268 g/mol. The third-order valence-electron chi connectivity index (χ3n) is 3.98. The van der Waals surface area contributed by atoms with Crippen LogP contribution in [0.5, 0.6) is 11.5 Å². The van der Waals surface area contributed by atoms with Crippen LogP contribution in [-0.2, 0) is 0 Å². The fourth-order valence-corrected chi connectivity index (χ4v) is 2.60. The van der Waals surface area contributed by atoms with Gasteiger partial charge in [-0.15, -0.1) is 0 Å². The van der Waals surface area contributed by atoms with Crippen molar-refractivity contribution in [2.75, 3.05) is 33.9 Å². The summed E-state index contributed by atoms with van der Waals surface area (Å²) in [6.45, 7) is 4.87. The van der Waals surface area contributed by atoms with Crippen LogP contribution in [0.25, 0.3) is 0 Å². The van der Waals surface area contributed by atoms with Crippen molar-refractivity contribution in [3.8, 4) is 11.5 Å². The summed E-state index contributed by atoms with van der Waals surface area (Å²) in [6, 6.07) is 5.20. The van der Waals surface area contributed by atoms with Gasteiger partial charge in [-0.05, 0) is 36.9 Å². The topological polar surface area (TPSA) is 59.6 Å². The summed E-state index contributed by atoms with van der Waals surface area (Å²) in [7, 11) is 3.15. The molecule has 0 radical (unpaired) electrons. The maximum atomic E-state index is 12.3. The zero-order valence-electron chi connectivity index (χ0n) is 13.0. The van der Waals surface area contributed by atoms with E-state index in [0.717, 1.165) is 25.9 Å². The van der Waals surface area contributed by atoms with E-state index in [2.05, 4.69) is 17.6 Å². The molecule has 0 saturated carbocycles. The van der Waals surface area contributed by atoms with Crippen molar-refractivity contribution < 1.29 is 14.3 Å². The highest BCUT2D eigenvalue weighted by molar-refractivity contribution is 5.95. The van der Waals surface area contributed by atoms with E-state index in [0.29, 0.717) is 23.6 Å². The number of carbonyl (C=O) groups excluding carboxylic acids is 1. The Labute approximate surface area is 126 Å². The highest BCUT2D eigenvalue weighted by Gasteiger charge is 2.27. The van der Waals surface area contributed by atoms with Gasteiger partial charge in [0.1, 0.15) is 11.5 Å². The van der Waals surface area contributed by atoms with Crippen molar-refractivity contribution in [2.45, 2.75) is 19.8 Å². The molecule has 1 fully saturated rings. The summed E-state index contributed by atoms with van der Waals surface area (Å²) in [5, 5.41) is 6.41. The standard InChI is InChI=1S/C16H24N2O3/c1-16(5-4-6-17-10-16)11-18-15(19)12-7-13(20-2)9-14(8-12)21-3/h7-9,17H,4-6,10-11H2,1-3H3,(H,18,19). The van der Waals surface area contributed by atoms with Crippen molar-refractivity contribution in [1.82, 2.24) is 10.6 Å². The number of piperidine rings is 1. The van der Waals surface area contributed by atoms with Crippen molar-refractivity contribution in [1.29, 1.82) is 0 Å². The Kier molecular flexibility index (Phi) is 5.07. The van der Waals surface area contributed by atoms with Gasteiger partial charge in [0.25, 0.3) is 5.91 Å². The number of methoxy groups -OCH3 is 2. The molecule has 1 aliphatic rings. The first-order valence-electron chi connectivity index (χ1n) is 7.28. The second kappa shape index (κ2) is 6.80. The van der Waals surface area contributed by atoms with E-state index < -0.39 is 0 Å². The van der Waals surface area contributed by atoms with Crippen LogP contribution in [0.3, 0.4) is 0 Å². The highest BCUT2D eigenvalue weighted by Crippen LogP contribution is 2.25. The molecular formula is C16H24N2O3. The number of rotatable bonds is 5. The zero-order valence-corrected chi connectivity index (χ0v) is 13.0. The van der Waals surface area contributed by atoms with E-state index >= 15 is 0 Å². The maximum Gasteiger partial charge on any atom is 0.251 e. The van der Waals surface area contributed by atoms with Gasteiger partial charge in [-0.2, -0.15) is 0 Å². The van der Waals surface area contributed by atoms with Crippen molar-refractivity contribution >= 4 is 5.91 Å². The number of ether oxygens (including phenoxy) is 2. The molecule has 1 amide bonds. The summed E-state index contributed by atoms with van der Waals surface area (Å²) in [4.78, 5) is 12.3. The Morgan fingerprint density at radius 1 is 1.29 bits per heavy atom. The quantitative estimate of drug-likeness (QED) is 0.869. The van der Waals surface area contributed by atoms with Gasteiger partial charge in [0.15, 0.2) is 0 Å². The van der Waals surface area contributed by atoms with Crippen LogP contribution in [-0.4, -0.2) is 39.8 Å². The first-order chi connectivity index (χ1) is 10.1. The zero-order chi connectivity index (χ0) is 15.3. The molecule has 0 bridgehead atoms. The molecule has 0 aliphatic carbocycles. The van der Waals surface area contributed by atoms with Crippen LogP contribution in [0.4, 0.5) is 0 Å². The van der Waals surface area contributed by atoms with E-state index in [9.17, 15) is 4.79 Å². The van der Waals surface area contributed by atoms with Crippen LogP contribution >= 0.6 is 0 Å². The molecule has 2 N–H and O–H groups in total. The van der Waals surface area contributed by atoms with Gasteiger partial charge in [0.05, 0.1) is 14.2 Å². The average molecular weight is 292 g/mol. The monoisotopic (exact) mass is 292 g/mol. The fraction of sp³-hybridized carbons (Fsp3) is 0.562.